The number of methoxy groups -OCH3 is 1. The maximum atomic E-state index is 11.5. The Hall–Kier alpha value is -1.60. The van der Waals surface area contributed by atoms with Crippen molar-refractivity contribution in [2.24, 2.45) is 0 Å². The number of carbonyl (C=O) groups is 2. The Morgan fingerprint density at radius 3 is 2.61 bits per heavy atom. The summed E-state index contributed by atoms with van der Waals surface area (Å²) in [7, 11) is 1.35. The van der Waals surface area contributed by atoms with Crippen LogP contribution in [0.15, 0.2) is 6.07 Å². The van der Waals surface area contributed by atoms with Crippen LogP contribution in [0.1, 0.15) is 47.3 Å². The molecule has 1 atom stereocenters. The zero-order chi connectivity index (χ0) is 17.6. The number of hydrogen-bond donors (Lipinski definition) is 2. The monoisotopic (exact) mass is 343 g/mol. The number of amides is 1. The van der Waals surface area contributed by atoms with Crippen LogP contribution in [0, 0.1) is 6.92 Å². The van der Waals surface area contributed by atoms with E-state index >= 15 is 0 Å². The summed E-state index contributed by atoms with van der Waals surface area (Å²) in [6, 6.07) is 1.79. The molecule has 1 aromatic heterocycles. The van der Waals surface area contributed by atoms with E-state index in [0.29, 0.717) is 17.7 Å². The molecule has 0 saturated carbocycles. The first-order valence-electron chi connectivity index (χ1n) is 7.45. The van der Waals surface area contributed by atoms with E-state index in [9.17, 15) is 14.7 Å². The van der Waals surface area contributed by atoms with Gasteiger partial charge in [0.15, 0.2) is 0 Å². The van der Waals surface area contributed by atoms with E-state index in [1.807, 2.05) is 6.92 Å². The highest BCUT2D eigenvalue weighted by Crippen LogP contribution is 2.24. The highest BCUT2D eigenvalue weighted by Gasteiger charge is 2.17. The minimum atomic E-state index is -0.675. The molecular weight excluding hydrogens is 318 g/mol. The number of aliphatic hydroxyl groups excluding tert-OH is 1. The molecule has 0 unspecified atom stereocenters. The van der Waals surface area contributed by atoms with Crippen LogP contribution in [0.3, 0.4) is 0 Å². The van der Waals surface area contributed by atoms with Gasteiger partial charge in [0.2, 0.25) is 0 Å². The van der Waals surface area contributed by atoms with Crippen molar-refractivity contribution >= 4 is 23.4 Å². The number of carbonyl (C=O) groups excluding carboxylic acids is 2. The zero-order valence-electron chi connectivity index (χ0n) is 14.3. The molecule has 23 heavy (non-hydrogen) atoms. The molecule has 1 heterocycles. The van der Waals surface area contributed by atoms with Crippen molar-refractivity contribution in [3.8, 4) is 0 Å². The average Bonchev–Trinajstić information content (AvgIpc) is 2.81. The average molecular weight is 343 g/mol. The predicted molar refractivity (Wildman–Crippen MR) is 89.0 cm³/mol. The molecule has 0 aliphatic rings. The molecule has 0 saturated heterocycles. The van der Waals surface area contributed by atoms with E-state index in [1.54, 1.807) is 26.8 Å². The maximum absolute atomic E-state index is 11.5. The summed E-state index contributed by atoms with van der Waals surface area (Å²) in [5.41, 5.74) is 0.440. The normalized spacial score (nSPS) is 12.6. The van der Waals surface area contributed by atoms with Gasteiger partial charge in [0.1, 0.15) is 10.5 Å². The molecule has 0 aliphatic carbocycles. The molecular formula is C16H25NO5S. The van der Waals surface area contributed by atoms with Crippen LogP contribution in [0.2, 0.25) is 0 Å². The van der Waals surface area contributed by atoms with Gasteiger partial charge in [-0.05, 0) is 52.2 Å². The van der Waals surface area contributed by atoms with Crippen molar-refractivity contribution < 1.29 is 24.2 Å². The number of rotatable bonds is 6. The van der Waals surface area contributed by atoms with E-state index in [0.717, 1.165) is 10.4 Å². The summed E-state index contributed by atoms with van der Waals surface area (Å²) in [6.07, 6.45) is -0.106. The molecule has 7 heteroatoms. The van der Waals surface area contributed by atoms with Crippen LogP contribution in [-0.4, -0.2) is 42.5 Å². The van der Waals surface area contributed by atoms with Gasteiger partial charge in [-0.2, -0.15) is 0 Å². The van der Waals surface area contributed by atoms with Crippen LogP contribution < -0.4 is 5.32 Å². The lowest BCUT2D eigenvalue weighted by molar-refractivity contribution is 0.0488. The number of aryl methyl sites for hydroxylation is 2. The first-order chi connectivity index (χ1) is 10.6. The molecule has 0 radical (unpaired) electrons. The molecule has 1 aromatic rings. The van der Waals surface area contributed by atoms with E-state index in [4.69, 9.17) is 9.47 Å². The number of esters is 1. The van der Waals surface area contributed by atoms with Crippen molar-refractivity contribution in [1.82, 2.24) is 5.32 Å². The van der Waals surface area contributed by atoms with E-state index < -0.39 is 17.8 Å². The molecule has 0 bridgehead atoms. The van der Waals surface area contributed by atoms with Crippen LogP contribution in [0.5, 0.6) is 0 Å². The van der Waals surface area contributed by atoms with Crippen LogP contribution in [0.25, 0.3) is 0 Å². The lowest BCUT2D eigenvalue weighted by atomic mass is 10.1. The quantitative estimate of drug-likeness (QED) is 0.776. The molecule has 0 aromatic carbocycles. The van der Waals surface area contributed by atoms with Gasteiger partial charge in [0.05, 0.1) is 13.2 Å². The largest absolute Gasteiger partial charge is 0.465 e. The van der Waals surface area contributed by atoms with E-state index in [2.05, 4.69) is 5.32 Å². The standard InChI is InChI=1S/C16H25NO5S/c1-10-8-13(14(19)21-5)23-12(10)7-6-11(18)9-17-15(20)22-16(2,3)4/h8,11,18H,6-7,9H2,1-5H3,(H,17,20)/t11-/m0/s1. The summed E-state index contributed by atoms with van der Waals surface area (Å²) in [5.74, 6) is -0.350. The molecule has 1 rings (SSSR count). The van der Waals surface area contributed by atoms with Gasteiger partial charge < -0.3 is 19.9 Å². The summed E-state index contributed by atoms with van der Waals surface area (Å²) in [6.45, 7) is 7.39. The van der Waals surface area contributed by atoms with E-state index in [-0.39, 0.29) is 12.5 Å². The summed E-state index contributed by atoms with van der Waals surface area (Å²) >= 11 is 1.37. The van der Waals surface area contributed by atoms with Crippen molar-refractivity contribution in [1.29, 1.82) is 0 Å². The third kappa shape index (κ3) is 7.00. The van der Waals surface area contributed by atoms with Gasteiger partial charge in [0.25, 0.3) is 0 Å². The minimum Gasteiger partial charge on any atom is -0.465 e. The lowest BCUT2D eigenvalue weighted by Gasteiger charge is -2.20. The zero-order valence-corrected chi connectivity index (χ0v) is 15.1. The summed E-state index contributed by atoms with van der Waals surface area (Å²) < 4.78 is 9.80. The maximum Gasteiger partial charge on any atom is 0.407 e. The molecule has 2 N–H and O–H groups in total. The fourth-order valence-electron chi connectivity index (χ4n) is 1.88. The first kappa shape index (κ1) is 19.4. The smallest absolute Gasteiger partial charge is 0.407 e. The Labute approximate surface area is 140 Å². The van der Waals surface area contributed by atoms with Crippen LogP contribution in [-0.2, 0) is 15.9 Å². The highest BCUT2D eigenvalue weighted by molar-refractivity contribution is 7.14. The lowest BCUT2D eigenvalue weighted by Crippen LogP contribution is -2.37. The summed E-state index contributed by atoms with van der Waals surface area (Å²) in [5, 5.41) is 12.5. The van der Waals surface area contributed by atoms with Gasteiger partial charge in [-0.3, -0.25) is 0 Å². The second kappa shape index (κ2) is 8.31. The van der Waals surface area contributed by atoms with Gasteiger partial charge >= 0.3 is 12.1 Å². The first-order valence-corrected chi connectivity index (χ1v) is 8.26. The number of aliphatic hydroxyl groups is 1. The Morgan fingerprint density at radius 2 is 2.04 bits per heavy atom. The highest BCUT2D eigenvalue weighted by atomic mass is 32.1. The number of hydrogen-bond acceptors (Lipinski definition) is 6. The number of nitrogens with one attached hydrogen (secondary N) is 1. The summed E-state index contributed by atoms with van der Waals surface area (Å²) in [4.78, 5) is 24.6. The molecule has 130 valence electrons. The predicted octanol–water partition coefficient (Wildman–Crippen LogP) is 2.66. The number of ether oxygens (including phenoxy) is 2. The number of thiophene rings is 1. The molecule has 1 amide bonds. The Kier molecular flexibility index (Phi) is 7.02. The van der Waals surface area contributed by atoms with Crippen LogP contribution in [0.4, 0.5) is 4.79 Å². The van der Waals surface area contributed by atoms with Gasteiger partial charge in [0, 0.05) is 11.4 Å². The Morgan fingerprint density at radius 1 is 1.39 bits per heavy atom. The fraction of sp³-hybridized carbons (Fsp3) is 0.625. The Bertz CT molecular complexity index is 547. The minimum absolute atomic E-state index is 0.128. The van der Waals surface area contributed by atoms with Gasteiger partial charge in [-0.1, -0.05) is 0 Å². The molecule has 0 aliphatic heterocycles. The third-order valence-corrected chi connectivity index (χ3v) is 4.27. The number of alkyl carbamates (subject to hydrolysis) is 1. The molecule has 0 spiro atoms. The second-order valence-electron chi connectivity index (χ2n) is 6.28. The second-order valence-corrected chi connectivity index (χ2v) is 7.42. The van der Waals surface area contributed by atoms with E-state index in [1.165, 1.54) is 18.4 Å². The third-order valence-electron chi connectivity index (χ3n) is 2.99. The molecule has 6 nitrogen and oxygen atoms in total. The molecule has 0 fully saturated rings. The van der Waals surface area contributed by atoms with Gasteiger partial charge in [-0.25, -0.2) is 9.59 Å². The van der Waals surface area contributed by atoms with Gasteiger partial charge in [-0.15, -0.1) is 11.3 Å². The van der Waals surface area contributed by atoms with Crippen LogP contribution >= 0.6 is 11.3 Å². The fourth-order valence-corrected chi connectivity index (χ4v) is 2.99. The SMILES string of the molecule is COC(=O)c1cc(C)c(CC[C@H](O)CNC(=O)OC(C)(C)C)s1. The van der Waals surface area contributed by atoms with Crippen molar-refractivity contribution in [2.75, 3.05) is 13.7 Å². The Balaban J connectivity index is 2.42. The van der Waals surface area contributed by atoms with Crippen molar-refractivity contribution in [2.45, 2.75) is 52.2 Å². The topological polar surface area (TPSA) is 84.9 Å². The van der Waals surface area contributed by atoms with Crippen molar-refractivity contribution in [3.63, 3.8) is 0 Å². The van der Waals surface area contributed by atoms with Crippen molar-refractivity contribution in [3.05, 3.63) is 21.4 Å².